The van der Waals surface area contributed by atoms with Gasteiger partial charge in [-0.2, -0.15) is 8.78 Å². The molecule has 0 N–H and O–H groups in total. The van der Waals surface area contributed by atoms with Crippen LogP contribution >= 0.6 is 0 Å². The van der Waals surface area contributed by atoms with E-state index >= 15 is 0 Å². The van der Waals surface area contributed by atoms with Gasteiger partial charge in [-0.3, -0.25) is 4.98 Å². The molecule has 1 unspecified atom stereocenters. The number of benzene rings is 1. The van der Waals surface area contributed by atoms with Crippen molar-refractivity contribution in [2.24, 2.45) is 0 Å². The van der Waals surface area contributed by atoms with E-state index in [4.69, 9.17) is 9.72 Å². The van der Waals surface area contributed by atoms with Crippen LogP contribution < -0.4 is 4.74 Å². The highest BCUT2D eigenvalue weighted by atomic mass is 19.3. The Morgan fingerprint density at radius 2 is 1.62 bits per heavy atom. The number of hydrogen-bond donors (Lipinski definition) is 0. The molecule has 1 aromatic carbocycles. The van der Waals surface area contributed by atoms with Crippen molar-refractivity contribution >= 4 is 0 Å². The second-order valence-corrected chi connectivity index (χ2v) is 7.77. The molecule has 0 saturated heterocycles. The number of pyridine rings is 1. The molecular weight excluding hydrogens is 436 g/mol. The first-order valence-corrected chi connectivity index (χ1v) is 12.0. The van der Waals surface area contributed by atoms with Gasteiger partial charge in [-0.15, -0.1) is 0 Å². The maximum atomic E-state index is 12.6. The van der Waals surface area contributed by atoms with E-state index in [1.54, 1.807) is 19.1 Å². The molecule has 3 heterocycles. The molecular formula is C27H37F2N3O2. The number of rotatable bonds is 4. The van der Waals surface area contributed by atoms with E-state index in [-0.39, 0.29) is 11.9 Å². The lowest BCUT2D eigenvalue weighted by atomic mass is 10.1. The van der Waals surface area contributed by atoms with Gasteiger partial charge >= 0.3 is 6.61 Å². The fourth-order valence-corrected chi connectivity index (χ4v) is 4.04. The topological polar surface area (TPSA) is 49.2 Å². The molecule has 5 nitrogen and oxygen atoms in total. The molecule has 0 saturated carbocycles. The second kappa shape index (κ2) is 12.6. The van der Waals surface area contributed by atoms with Gasteiger partial charge in [-0.05, 0) is 63.6 Å². The van der Waals surface area contributed by atoms with Crippen molar-refractivity contribution in [3.63, 3.8) is 0 Å². The molecule has 3 aromatic rings. The summed E-state index contributed by atoms with van der Waals surface area (Å²) in [6.07, 6.45) is 0.800. The average Bonchev–Trinajstić information content (AvgIpc) is 3.03. The van der Waals surface area contributed by atoms with Gasteiger partial charge in [-0.25, -0.2) is 4.98 Å². The highest BCUT2D eigenvalue weighted by Gasteiger charge is 2.24. The Morgan fingerprint density at radius 3 is 2.21 bits per heavy atom. The van der Waals surface area contributed by atoms with Gasteiger partial charge in [0.2, 0.25) is 0 Å². The van der Waals surface area contributed by atoms with Gasteiger partial charge < -0.3 is 14.0 Å². The van der Waals surface area contributed by atoms with Crippen LogP contribution in [-0.2, 0) is 17.7 Å². The molecule has 0 spiro atoms. The van der Waals surface area contributed by atoms with Crippen LogP contribution in [-0.4, -0.2) is 33.9 Å². The van der Waals surface area contributed by atoms with Gasteiger partial charge in [0.15, 0.2) is 0 Å². The van der Waals surface area contributed by atoms with Crippen molar-refractivity contribution in [3.05, 3.63) is 53.0 Å². The average molecular weight is 474 g/mol. The van der Waals surface area contributed by atoms with Crippen LogP contribution in [0.2, 0.25) is 0 Å². The number of imidazole rings is 1. The number of hydrogen-bond acceptors (Lipinski definition) is 4. The lowest BCUT2D eigenvalue weighted by molar-refractivity contribution is -0.0502. The molecule has 2 aromatic heterocycles. The van der Waals surface area contributed by atoms with Gasteiger partial charge in [0, 0.05) is 34.6 Å². The summed E-state index contributed by atoms with van der Waals surface area (Å²) in [4.78, 5) is 9.49. The Bertz CT molecular complexity index is 1060. The van der Waals surface area contributed by atoms with Gasteiger partial charge in [0.05, 0.1) is 24.9 Å². The Morgan fingerprint density at radius 1 is 0.971 bits per heavy atom. The van der Waals surface area contributed by atoms with Crippen LogP contribution in [0.3, 0.4) is 0 Å². The molecule has 34 heavy (non-hydrogen) atoms. The molecule has 4 rings (SSSR count). The Labute approximate surface area is 202 Å². The Balaban J connectivity index is 0.000000970. The highest BCUT2D eigenvalue weighted by Crippen LogP contribution is 2.34. The number of aryl methyl sites for hydroxylation is 3. The van der Waals surface area contributed by atoms with E-state index in [1.165, 1.54) is 0 Å². The maximum absolute atomic E-state index is 12.6. The Kier molecular flexibility index (Phi) is 10.2. The van der Waals surface area contributed by atoms with Crippen molar-refractivity contribution in [2.75, 3.05) is 6.61 Å². The van der Waals surface area contributed by atoms with E-state index in [0.717, 1.165) is 46.1 Å². The largest absolute Gasteiger partial charge is 0.435 e. The van der Waals surface area contributed by atoms with Crippen molar-refractivity contribution < 1.29 is 18.3 Å². The number of alkyl halides is 2. The zero-order valence-electron chi connectivity index (χ0n) is 21.6. The molecule has 1 aliphatic heterocycles. The first-order chi connectivity index (χ1) is 16.3. The van der Waals surface area contributed by atoms with Crippen LogP contribution in [0.25, 0.3) is 22.6 Å². The summed E-state index contributed by atoms with van der Waals surface area (Å²) in [6, 6.07) is 9.29. The molecule has 0 fully saturated rings. The lowest BCUT2D eigenvalue weighted by Gasteiger charge is -2.14. The van der Waals surface area contributed by atoms with Gasteiger partial charge in [0.1, 0.15) is 11.6 Å². The van der Waals surface area contributed by atoms with Crippen molar-refractivity contribution in [1.29, 1.82) is 0 Å². The molecule has 0 radical (unpaired) electrons. The lowest BCUT2D eigenvalue weighted by Crippen LogP contribution is -2.15. The third-order valence-electron chi connectivity index (χ3n) is 5.26. The Hall–Kier alpha value is -2.80. The highest BCUT2D eigenvalue weighted by molar-refractivity contribution is 5.70. The fourth-order valence-electron chi connectivity index (χ4n) is 4.04. The predicted molar refractivity (Wildman–Crippen MR) is 134 cm³/mol. The summed E-state index contributed by atoms with van der Waals surface area (Å²) >= 11 is 0. The minimum atomic E-state index is -2.85. The van der Waals surface area contributed by atoms with Crippen LogP contribution in [0.4, 0.5) is 8.78 Å². The zero-order valence-corrected chi connectivity index (χ0v) is 21.6. The number of aromatic nitrogens is 3. The van der Waals surface area contributed by atoms with Crippen LogP contribution in [0.5, 0.6) is 5.75 Å². The maximum Gasteiger partial charge on any atom is 0.387 e. The number of nitrogens with zero attached hydrogens (tertiary/aromatic N) is 3. The predicted octanol–water partition coefficient (Wildman–Crippen LogP) is 7.15. The fraction of sp³-hybridized carbons (Fsp3) is 0.481. The molecule has 186 valence electrons. The molecule has 7 heteroatoms. The summed E-state index contributed by atoms with van der Waals surface area (Å²) in [6.45, 7) is 14.2. The monoisotopic (exact) mass is 473 g/mol. The second-order valence-electron chi connectivity index (χ2n) is 7.77. The quantitative estimate of drug-likeness (QED) is 0.404. The number of ether oxygens (including phenoxy) is 2. The normalized spacial score (nSPS) is 14.9. The first-order valence-electron chi connectivity index (χ1n) is 12.0. The minimum Gasteiger partial charge on any atom is -0.435 e. The van der Waals surface area contributed by atoms with Crippen molar-refractivity contribution in [1.82, 2.24) is 14.5 Å². The summed E-state index contributed by atoms with van der Waals surface area (Å²) in [5.74, 6) is 0.977. The SMILES string of the molecule is CC.CC.Cc1cc(-c2nc(-c3ccc(OC(F)F)c(C)c3)n3c2CCOC(C)C3)cc(C)n1. The van der Waals surface area contributed by atoms with E-state index < -0.39 is 6.61 Å². The van der Waals surface area contributed by atoms with Gasteiger partial charge in [0.25, 0.3) is 0 Å². The first kappa shape index (κ1) is 27.4. The van der Waals surface area contributed by atoms with Gasteiger partial charge in [-0.1, -0.05) is 27.7 Å². The number of halogens is 2. The standard InChI is InChI=1S/C23H25F2N3O2.2C2H6/c1-13-9-17(5-6-20(13)30-23(24)25)22-27-21(18-10-14(2)26-15(3)11-18)19-7-8-29-16(4)12-28(19)22;2*1-2/h5-6,9-11,16,23H,7-8,12H2,1-4H3;2*1-2H3. The van der Waals surface area contributed by atoms with Crippen molar-refractivity contribution in [3.8, 4) is 28.4 Å². The molecule has 0 bridgehead atoms. The summed E-state index contributed by atoms with van der Waals surface area (Å²) in [5.41, 5.74) is 6.44. The van der Waals surface area contributed by atoms with Crippen LogP contribution in [0, 0.1) is 20.8 Å². The summed E-state index contributed by atoms with van der Waals surface area (Å²) < 4.78 is 38.0. The van der Waals surface area contributed by atoms with E-state index in [0.29, 0.717) is 18.7 Å². The molecule has 1 aliphatic rings. The molecule has 0 amide bonds. The van der Waals surface area contributed by atoms with E-state index in [9.17, 15) is 8.78 Å². The van der Waals surface area contributed by atoms with Crippen LogP contribution in [0.15, 0.2) is 30.3 Å². The van der Waals surface area contributed by atoms with Crippen LogP contribution in [0.1, 0.15) is 57.3 Å². The zero-order chi connectivity index (χ0) is 25.4. The minimum absolute atomic E-state index is 0.0514. The number of fused-ring (bicyclic) bond motifs is 1. The van der Waals surface area contributed by atoms with Crippen molar-refractivity contribution in [2.45, 2.75) is 81.1 Å². The summed E-state index contributed by atoms with van der Waals surface area (Å²) in [5, 5.41) is 0. The van der Waals surface area contributed by atoms with E-state index in [1.807, 2.05) is 66.7 Å². The smallest absolute Gasteiger partial charge is 0.387 e. The third-order valence-corrected chi connectivity index (χ3v) is 5.26. The van der Waals surface area contributed by atoms with E-state index in [2.05, 4.69) is 14.3 Å². The summed E-state index contributed by atoms with van der Waals surface area (Å²) in [7, 11) is 0. The third kappa shape index (κ3) is 6.41. The molecule has 0 aliphatic carbocycles. The molecule has 1 atom stereocenters.